The van der Waals surface area contributed by atoms with Gasteiger partial charge in [-0.15, -0.1) is 0 Å². The lowest BCUT2D eigenvalue weighted by Gasteiger charge is -2.32. The Labute approximate surface area is 235 Å². The minimum absolute atomic E-state index is 0.00345. The average molecular weight is 553 g/mol. The summed E-state index contributed by atoms with van der Waals surface area (Å²) in [6, 6.07) is 14.9. The van der Waals surface area contributed by atoms with Crippen molar-refractivity contribution in [2.45, 2.75) is 38.1 Å². The molecule has 2 heterocycles. The van der Waals surface area contributed by atoms with Crippen LogP contribution < -0.4 is 4.74 Å². The number of carbonyl (C=O) groups is 2. The molecule has 1 saturated heterocycles. The van der Waals surface area contributed by atoms with Crippen LogP contribution in [0.2, 0.25) is 5.02 Å². The second-order valence-corrected chi connectivity index (χ2v) is 10.9. The van der Waals surface area contributed by atoms with Crippen LogP contribution in [0, 0.1) is 5.92 Å². The maximum absolute atomic E-state index is 13.9. The molecular formula is C30H37ClN4O4. The number of hydrogen-bond acceptors (Lipinski definition) is 6. The summed E-state index contributed by atoms with van der Waals surface area (Å²) in [5.41, 5.74) is 2.53. The number of hydrogen-bond donors (Lipinski definition) is 0. The zero-order chi connectivity index (χ0) is 27.2. The summed E-state index contributed by atoms with van der Waals surface area (Å²) in [7, 11) is 1.63. The molecule has 208 valence electrons. The van der Waals surface area contributed by atoms with Crippen LogP contribution in [0.5, 0.6) is 5.75 Å². The third kappa shape index (κ3) is 6.62. The van der Waals surface area contributed by atoms with Crippen LogP contribution in [0.1, 0.15) is 49.3 Å². The Kier molecular flexibility index (Phi) is 9.17. The van der Waals surface area contributed by atoms with E-state index in [1.54, 1.807) is 17.0 Å². The highest BCUT2D eigenvalue weighted by atomic mass is 35.5. The molecule has 0 bridgehead atoms. The van der Waals surface area contributed by atoms with Crippen LogP contribution in [0.25, 0.3) is 0 Å². The van der Waals surface area contributed by atoms with Gasteiger partial charge in [0.1, 0.15) is 12.3 Å². The third-order valence-corrected chi connectivity index (χ3v) is 8.31. The van der Waals surface area contributed by atoms with Crippen LogP contribution in [-0.2, 0) is 14.3 Å². The number of amides is 2. The Morgan fingerprint density at radius 1 is 1.10 bits per heavy atom. The fourth-order valence-corrected chi connectivity index (χ4v) is 5.99. The highest BCUT2D eigenvalue weighted by molar-refractivity contribution is 6.31. The van der Waals surface area contributed by atoms with Crippen molar-refractivity contribution in [3.8, 4) is 5.75 Å². The van der Waals surface area contributed by atoms with Crippen molar-refractivity contribution >= 4 is 29.1 Å². The minimum Gasteiger partial charge on any atom is -0.497 e. The zero-order valence-electron chi connectivity index (χ0n) is 22.6. The molecule has 2 aromatic carbocycles. The Balaban J connectivity index is 1.39. The van der Waals surface area contributed by atoms with Crippen molar-refractivity contribution in [1.82, 2.24) is 14.8 Å². The highest BCUT2D eigenvalue weighted by Crippen LogP contribution is 2.37. The van der Waals surface area contributed by atoms with Gasteiger partial charge in [-0.2, -0.15) is 5.10 Å². The second kappa shape index (κ2) is 12.9. The zero-order valence-corrected chi connectivity index (χ0v) is 23.3. The molecule has 0 N–H and O–H groups in total. The standard InChI is InChI=1S/C30H37ClN4O4/c1-38-24-10-6-9-23(19-24)27-20-28(25-11-4-5-12-26(25)31)35(32-27)29(36)21-34(30(37)22-7-2-3-8-22)14-13-33-15-17-39-18-16-33/h4-6,9-12,19,22,28H,2-3,7-8,13-18,20-21H2,1H3. The fraction of sp³-hybridized carbons (Fsp3) is 0.500. The summed E-state index contributed by atoms with van der Waals surface area (Å²) in [6.07, 6.45) is 4.44. The monoisotopic (exact) mass is 552 g/mol. The van der Waals surface area contributed by atoms with Gasteiger partial charge in [-0.25, -0.2) is 5.01 Å². The first-order valence-electron chi connectivity index (χ1n) is 13.9. The SMILES string of the molecule is COc1cccc(C2=NN(C(=O)CN(CCN3CCOCC3)C(=O)C3CCCC3)C(c3ccccc3Cl)C2)c1. The van der Waals surface area contributed by atoms with E-state index in [-0.39, 0.29) is 30.3 Å². The third-order valence-electron chi connectivity index (χ3n) is 7.97. The quantitative estimate of drug-likeness (QED) is 0.461. The number of halogens is 1. The first-order valence-corrected chi connectivity index (χ1v) is 14.3. The first-order chi connectivity index (χ1) is 19.0. The predicted octanol–water partition coefficient (Wildman–Crippen LogP) is 4.38. The molecule has 2 aromatic rings. The van der Waals surface area contributed by atoms with Gasteiger partial charge in [0.25, 0.3) is 5.91 Å². The smallest absolute Gasteiger partial charge is 0.262 e. The van der Waals surface area contributed by atoms with Gasteiger partial charge in [0, 0.05) is 49.1 Å². The number of hydrazone groups is 1. The number of carbonyl (C=O) groups excluding carboxylic acids is 2. The highest BCUT2D eigenvalue weighted by Gasteiger charge is 2.36. The summed E-state index contributed by atoms with van der Waals surface area (Å²) in [5, 5.41) is 6.95. The van der Waals surface area contributed by atoms with Gasteiger partial charge in [-0.05, 0) is 36.6 Å². The maximum atomic E-state index is 13.9. The van der Waals surface area contributed by atoms with Gasteiger partial charge < -0.3 is 14.4 Å². The topological polar surface area (TPSA) is 74.7 Å². The van der Waals surface area contributed by atoms with Crippen molar-refractivity contribution in [3.63, 3.8) is 0 Å². The van der Waals surface area contributed by atoms with E-state index in [0.717, 1.165) is 67.9 Å². The number of benzene rings is 2. The van der Waals surface area contributed by atoms with E-state index >= 15 is 0 Å². The largest absolute Gasteiger partial charge is 0.497 e. The summed E-state index contributed by atoms with van der Waals surface area (Å²) in [6.45, 7) is 4.31. The Morgan fingerprint density at radius 2 is 1.87 bits per heavy atom. The maximum Gasteiger partial charge on any atom is 0.262 e. The Morgan fingerprint density at radius 3 is 2.62 bits per heavy atom. The molecule has 1 unspecified atom stereocenters. The molecule has 5 rings (SSSR count). The van der Waals surface area contributed by atoms with E-state index in [2.05, 4.69) is 4.90 Å². The van der Waals surface area contributed by atoms with Crippen LogP contribution in [-0.4, -0.2) is 85.4 Å². The molecular weight excluding hydrogens is 516 g/mol. The molecule has 2 amide bonds. The molecule has 0 radical (unpaired) electrons. The summed E-state index contributed by atoms with van der Waals surface area (Å²) < 4.78 is 10.9. The van der Waals surface area contributed by atoms with Gasteiger partial charge in [-0.3, -0.25) is 14.5 Å². The molecule has 1 saturated carbocycles. The lowest BCUT2D eigenvalue weighted by atomic mass is 9.98. The number of ether oxygens (including phenoxy) is 2. The average Bonchev–Trinajstić information content (AvgIpc) is 3.67. The summed E-state index contributed by atoms with van der Waals surface area (Å²) in [5.74, 6) is 0.604. The van der Waals surface area contributed by atoms with Crippen molar-refractivity contribution in [2.75, 3.05) is 53.0 Å². The van der Waals surface area contributed by atoms with Crippen molar-refractivity contribution in [2.24, 2.45) is 11.0 Å². The fourth-order valence-electron chi connectivity index (χ4n) is 5.73. The summed E-state index contributed by atoms with van der Waals surface area (Å²) in [4.78, 5) is 31.6. The first kappa shape index (κ1) is 27.6. The van der Waals surface area contributed by atoms with E-state index in [1.165, 1.54) is 0 Å². The Bertz CT molecular complexity index is 1190. The second-order valence-electron chi connectivity index (χ2n) is 10.5. The molecule has 1 atom stereocenters. The Hall–Kier alpha value is -2.94. The lowest BCUT2D eigenvalue weighted by molar-refractivity contribution is -0.144. The predicted molar refractivity (Wildman–Crippen MR) is 151 cm³/mol. The molecule has 0 spiro atoms. The van der Waals surface area contributed by atoms with Gasteiger partial charge in [0.05, 0.1) is 32.1 Å². The minimum atomic E-state index is -0.352. The molecule has 39 heavy (non-hydrogen) atoms. The molecule has 3 aliphatic rings. The molecule has 9 heteroatoms. The summed E-state index contributed by atoms with van der Waals surface area (Å²) >= 11 is 6.60. The molecule has 0 aromatic heterocycles. The molecule has 2 aliphatic heterocycles. The number of nitrogens with zero attached hydrogens (tertiary/aromatic N) is 4. The number of morpholine rings is 1. The van der Waals surface area contributed by atoms with Crippen LogP contribution >= 0.6 is 11.6 Å². The lowest BCUT2D eigenvalue weighted by Crippen LogP contribution is -2.48. The van der Waals surface area contributed by atoms with E-state index in [9.17, 15) is 9.59 Å². The van der Waals surface area contributed by atoms with Crippen LogP contribution in [0.3, 0.4) is 0 Å². The number of methoxy groups -OCH3 is 1. The van der Waals surface area contributed by atoms with Crippen molar-refractivity contribution in [1.29, 1.82) is 0 Å². The van der Waals surface area contributed by atoms with Crippen LogP contribution in [0.4, 0.5) is 0 Å². The van der Waals surface area contributed by atoms with Crippen LogP contribution in [0.15, 0.2) is 53.6 Å². The molecule has 1 aliphatic carbocycles. The van der Waals surface area contributed by atoms with Gasteiger partial charge >= 0.3 is 0 Å². The van der Waals surface area contributed by atoms with E-state index in [0.29, 0.717) is 31.2 Å². The van der Waals surface area contributed by atoms with Gasteiger partial charge in [0.15, 0.2) is 0 Å². The normalized spacial score (nSPS) is 20.2. The van der Waals surface area contributed by atoms with Crippen molar-refractivity contribution in [3.05, 3.63) is 64.7 Å². The van der Waals surface area contributed by atoms with Gasteiger partial charge in [-0.1, -0.05) is 54.8 Å². The number of rotatable bonds is 9. The van der Waals surface area contributed by atoms with Gasteiger partial charge in [0.2, 0.25) is 5.91 Å². The molecule has 2 fully saturated rings. The van der Waals surface area contributed by atoms with E-state index in [4.69, 9.17) is 26.2 Å². The molecule has 8 nitrogen and oxygen atoms in total. The van der Waals surface area contributed by atoms with Crippen molar-refractivity contribution < 1.29 is 19.1 Å². The van der Waals surface area contributed by atoms with E-state index < -0.39 is 0 Å². The van der Waals surface area contributed by atoms with E-state index in [1.807, 2.05) is 48.5 Å².